The lowest BCUT2D eigenvalue weighted by molar-refractivity contribution is -0.142. The molecule has 3 saturated heterocycles. The highest BCUT2D eigenvalue weighted by molar-refractivity contribution is 5.98. The number of aliphatic hydroxyl groups is 1. The highest BCUT2D eigenvalue weighted by atomic mass is 16.5. The fourth-order valence-electron chi connectivity index (χ4n) is 5.44. The normalized spacial score (nSPS) is 31.8. The first kappa shape index (κ1) is 23.0. The minimum Gasteiger partial charge on any atom is -0.396 e. The molecule has 0 radical (unpaired) electrons. The first-order valence-corrected chi connectivity index (χ1v) is 11.7. The Bertz CT molecular complexity index is 642. The van der Waals surface area contributed by atoms with Crippen LogP contribution >= 0.6 is 0 Å². The van der Waals surface area contributed by atoms with Crippen molar-refractivity contribution in [1.82, 2.24) is 15.5 Å². The second-order valence-corrected chi connectivity index (χ2v) is 8.81. The van der Waals surface area contributed by atoms with Crippen LogP contribution in [0.1, 0.15) is 65.2 Å². The molecule has 0 aromatic carbocycles. The van der Waals surface area contributed by atoms with Crippen molar-refractivity contribution in [3.63, 3.8) is 0 Å². The Kier molecular flexibility index (Phi) is 7.74. The van der Waals surface area contributed by atoms with Gasteiger partial charge >= 0.3 is 0 Å². The van der Waals surface area contributed by atoms with Gasteiger partial charge in [0.1, 0.15) is 11.6 Å². The van der Waals surface area contributed by atoms with Crippen molar-refractivity contribution in [3.05, 3.63) is 0 Å². The third kappa shape index (κ3) is 4.08. The van der Waals surface area contributed by atoms with Crippen molar-refractivity contribution in [1.29, 1.82) is 0 Å². The summed E-state index contributed by atoms with van der Waals surface area (Å²) in [5.41, 5.74) is -0.913. The van der Waals surface area contributed by atoms with Crippen molar-refractivity contribution in [3.8, 4) is 0 Å². The fraction of sp³-hybridized carbons (Fsp3) is 0.864. The molecule has 0 aromatic heterocycles. The summed E-state index contributed by atoms with van der Waals surface area (Å²) in [4.78, 5) is 41.2. The maximum Gasteiger partial charge on any atom is 0.245 e. The number of ether oxygens (including phenoxy) is 1. The lowest BCUT2D eigenvalue weighted by atomic mass is 9.70. The highest BCUT2D eigenvalue weighted by Crippen LogP contribution is 2.58. The van der Waals surface area contributed by atoms with E-state index in [1.165, 1.54) is 0 Å². The van der Waals surface area contributed by atoms with Gasteiger partial charge in [0.15, 0.2) is 0 Å². The van der Waals surface area contributed by atoms with Crippen LogP contribution < -0.4 is 10.6 Å². The van der Waals surface area contributed by atoms with E-state index in [0.717, 1.165) is 25.7 Å². The summed E-state index contributed by atoms with van der Waals surface area (Å²) in [5.74, 6) is -1.60. The first-order valence-electron chi connectivity index (χ1n) is 11.7. The molecule has 3 aliphatic heterocycles. The van der Waals surface area contributed by atoms with E-state index >= 15 is 0 Å². The van der Waals surface area contributed by atoms with Gasteiger partial charge in [0.25, 0.3) is 0 Å². The Balaban J connectivity index is 1.83. The lowest BCUT2D eigenvalue weighted by Crippen LogP contribution is -2.55. The number of carbonyl (C=O) groups is 3. The molecule has 1 spiro atoms. The van der Waals surface area contributed by atoms with Crippen LogP contribution in [0, 0.1) is 11.8 Å². The van der Waals surface area contributed by atoms with Gasteiger partial charge in [-0.15, -0.1) is 0 Å². The molecule has 30 heavy (non-hydrogen) atoms. The van der Waals surface area contributed by atoms with Gasteiger partial charge in [-0.3, -0.25) is 14.4 Å². The Morgan fingerprint density at radius 1 is 1.10 bits per heavy atom. The molecule has 3 heterocycles. The summed E-state index contributed by atoms with van der Waals surface area (Å²) >= 11 is 0. The van der Waals surface area contributed by atoms with Crippen molar-refractivity contribution in [2.75, 3.05) is 26.2 Å². The number of carbonyl (C=O) groups excluding carboxylic acids is 3. The molecular formula is C22H37N3O5. The summed E-state index contributed by atoms with van der Waals surface area (Å²) in [6.07, 6.45) is 6.02. The molecule has 3 rings (SSSR count). The molecule has 2 bridgehead atoms. The third-order valence-corrected chi connectivity index (χ3v) is 6.79. The van der Waals surface area contributed by atoms with Gasteiger partial charge in [0.2, 0.25) is 17.7 Å². The maximum absolute atomic E-state index is 13.5. The van der Waals surface area contributed by atoms with Crippen LogP contribution in [0.2, 0.25) is 0 Å². The van der Waals surface area contributed by atoms with Crippen LogP contribution in [0.15, 0.2) is 0 Å². The van der Waals surface area contributed by atoms with E-state index in [9.17, 15) is 14.4 Å². The SMILES string of the molecule is CCCCCNC(=O)C1N(CCCCO)C(=O)[C@@H]2[C@@H](C(=O)NCCC)[C@H]3CCC12O3. The molecule has 170 valence electrons. The number of hydrogen-bond acceptors (Lipinski definition) is 5. The van der Waals surface area contributed by atoms with E-state index in [2.05, 4.69) is 17.6 Å². The van der Waals surface area contributed by atoms with Gasteiger partial charge in [-0.05, 0) is 38.5 Å². The van der Waals surface area contributed by atoms with Crippen molar-refractivity contribution in [2.24, 2.45) is 11.8 Å². The van der Waals surface area contributed by atoms with Crippen LogP contribution in [-0.4, -0.2) is 71.7 Å². The maximum atomic E-state index is 13.5. The van der Waals surface area contributed by atoms with E-state index in [4.69, 9.17) is 9.84 Å². The van der Waals surface area contributed by atoms with Gasteiger partial charge in [-0.2, -0.15) is 0 Å². The number of aliphatic hydroxyl groups excluding tert-OH is 1. The third-order valence-electron chi connectivity index (χ3n) is 6.79. The zero-order valence-electron chi connectivity index (χ0n) is 18.3. The molecule has 3 aliphatic rings. The molecule has 0 saturated carbocycles. The number of hydrogen-bond donors (Lipinski definition) is 3. The van der Waals surface area contributed by atoms with Crippen LogP contribution in [-0.2, 0) is 19.1 Å². The van der Waals surface area contributed by atoms with Crippen LogP contribution in [0.5, 0.6) is 0 Å². The molecular weight excluding hydrogens is 386 g/mol. The monoisotopic (exact) mass is 423 g/mol. The number of nitrogens with zero attached hydrogens (tertiary/aromatic N) is 1. The summed E-state index contributed by atoms with van der Waals surface area (Å²) in [7, 11) is 0. The standard InChI is InChI=1S/C22H37N3O5/c1-3-5-6-12-24-20(28)18-22-10-9-15(30-22)16(19(27)23-11-4-2)17(22)21(29)25(18)13-7-8-14-26/h15-18,26H,3-14H2,1-2H3,(H,23,27)(H,24,28)/t15-,16+,17+,18?,22?/m1/s1. The Hall–Kier alpha value is -1.67. The van der Waals surface area contributed by atoms with Crippen molar-refractivity contribution >= 4 is 17.7 Å². The number of nitrogens with one attached hydrogen (secondary N) is 2. The number of rotatable bonds is 12. The van der Waals surface area contributed by atoms with Crippen LogP contribution in [0.25, 0.3) is 0 Å². The van der Waals surface area contributed by atoms with Gasteiger partial charge in [-0.25, -0.2) is 0 Å². The lowest BCUT2D eigenvalue weighted by Gasteiger charge is -2.33. The molecule has 0 aliphatic carbocycles. The Labute approximate surface area is 179 Å². The summed E-state index contributed by atoms with van der Waals surface area (Å²) in [6, 6.07) is -0.704. The van der Waals surface area contributed by atoms with Crippen molar-refractivity contribution < 1.29 is 24.2 Å². The van der Waals surface area contributed by atoms with Gasteiger partial charge in [-0.1, -0.05) is 26.7 Å². The molecule has 2 unspecified atom stereocenters. The van der Waals surface area contributed by atoms with E-state index in [1.807, 2.05) is 6.92 Å². The zero-order chi connectivity index (χ0) is 21.7. The van der Waals surface area contributed by atoms with Gasteiger partial charge < -0.3 is 25.4 Å². The van der Waals surface area contributed by atoms with E-state index in [1.54, 1.807) is 4.90 Å². The van der Waals surface area contributed by atoms with Crippen LogP contribution in [0.3, 0.4) is 0 Å². The number of amides is 3. The number of fused-ring (bicyclic) bond motifs is 1. The fourth-order valence-corrected chi connectivity index (χ4v) is 5.44. The average Bonchev–Trinajstić information content (AvgIpc) is 3.37. The molecule has 0 aromatic rings. The summed E-state index contributed by atoms with van der Waals surface area (Å²) in [6.45, 7) is 5.68. The molecule has 5 atom stereocenters. The van der Waals surface area contributed by atoms with E-state index in [-0.39, 0.29) is 30.4 Å². The quantitative estimate of drug-likeness (QED) is 0.405. The second kappa shape index (κ2) is 10.1. The summed E-state index contributed by atoms with van der Waals surface area (Å²) < 4.78 is 6.33. The largest absolute Gasteiger partial charge is 0.396 e. The minimum absolute atomic E-state index is 0.0467. The predicted octanol–water partition coefficient (Wildman–Crippen LogP) is 0.966. The average molecular weight is 424 g/mol. The smallest absolute Gasteiger partial charge is 0.245 e. The molecule has 8 heteroatoms. The summed E-state index contributed by atoms with van der Waals surface area (Å²) in [5, 5.41) is 15.1. The first-order chi connectivity index (χ1) is 14.5. The van der Waals surface area contributed by atoms with Crippen molar-refractivity contribution in [2.45, 2.75) is 83.0 Å². The number of likely N-dealkylation sites (tertiary alicyclic amines) is 1. The van der Waals surface area contributed by atoms with Gasteiger partial charge in [0, 0.05) is 26.2 Å². The number of unbranched alkanes of at least 4 members (excludes halogenated alkanes) is 3. The van der Waals surface area contributed by atoms with Crippen LogP contribution in [0.4, 0.5) is 0 Å². The predicted molar refractivity (Wildman–Crippen MR) is 111 cm³/mol. The Morgan fingerprint density at radius 2 is 1.87 bits per heavy atom. The second-order valence-electron chi connectivity index (χ2n) is 8.81. The van der Waals surface area contributed by atoms with E-state index < -0.39 is 23.5 Å². The molecule has 8 nitrogen and oxygen atoms in total. The highest BCUT2D eigenvalue weighted by Gasteiger charge is 2.74. The molecule has 3 fully saturated rings. The van der Waals surface area contributed by atoms with E-state index in [0.29, 0.717) is 45.3 Å². The topological polar surface area (TPSA) is 108 Å². The minimum atomic E-state index is -0.913. The van der Waals surface area contributed by atoms with Gasteiger partial charge in [0.05, 0.1) is 17.9 Å². The molecule has 3 N–H and O–H groups in total. The Morgan fingerprint density at radius 3 is 2.57 bits per heavy atom. The molecule has 3 amide bonds. The zero-order valence-corrected chi connectivity index (χ0v) is 18.3.